The van der Waals surface area contributed by atoms with Crippen LogP contribution in [-0.2, 0) is 0 Å². The van der Waals surface area contributed by atoms with Crippen molar-refractivity contribution in [3.05, 3.63) is 28.2 Å². The summed E-state index contributed by atoms with van der Waals surface area (Å²) >= 11 is 1.52. The van der Waals surface area contributed by atoms with E-state index in [9.17, 15) is 5.11 Å². The first-order valence-electron chi connectivity index (χ1n) is 4.33. The molecule has 13 heavy (non-hydrogen) atoms. The Labute approximate surface area is 83.0 Å². The molecule has 0 aliphatic carbocycles. The standard InChI is InChI=1S/C10H15NOS/c1-7(2)4-5-9(12)10-8(3)11-6-13-10/h6,9,12H,1,4-5H2,2-3H3. The van der Waals surface area contributed by atoms with Gasteiger partial charge in [0.25, 0.3) is 0 Å². The number of aryl methyl sites for hydroxylation is 1. The Morgan fingerprint density at radius 2 is 2.46 bits per heavy atom. The number of aliphatic hydroxyl groups is 1. The molecule has 72 valence electrons. The SMILES string of the molecule is C=C(C)CCC(O)c1scnc1C. The average Bonchev–Trinajstić information content (AvgIpc) is 2.47. The van der Waals surface area contributed by atoms with Crippen LogP contribution < -0.4 is 0 Å². The number of hydrogen-bond donors (Lipinski definition) is 1. The third-order valence-electron chi connectivity index (χ3n) is 1.93. The Morgan fingerprint density at radius 1 is 1.77 bits per heavy atom. The molecule has 2 nitrogen and oxygen atoms in total. The fourth-order valence-corrected chi connectivity index (χ4v) is 1.97. The van der Waals surface area contributed by atoms with Crippen molar-refractivity contribution in [3.8, 4) is 0 Å². The lowest BCUT2D eigenvalue weighted by molar-refractivity contribution is 0.170. The van der Waals surface area contributed by atoms with E-state index in [-0.39, 0.29) is 6.10 Å². The summed E-state index contributed by atoms with van der Waals surface area (Å²) in [4.78, 5) is 5.09. The van der Waals surface area contributed by atoms with E-state index in [0.717, 1.165) is 29.0 Å². The molecule has 0 aromatic carbocycles. The molecule has 0 fully saturated rings. The van der Waals surface area contributed by atoms with Gasteiger partial charge in [0.1, 0.15) is 0 Å². The first-order valence-corrected chi connectivity index (χ1v) is 5.21. The van der Waals surface area contributed by atoms with Gasteiger partial charge in [-0.1, -0.05) is 5.57 Å². The molecule has 0 bridgehead atoms. The molecular formula is C10H15NOS. The number of thiazole rings is 1. The highest BCUT2D eigenvalue weighted by molar-refractivity contribution is 7.09. The van der Waals surface area contributed by atoms with Crippen LogP contribution in [0.15, 0.2) is 17.7 Å². The number of nitrogens with zero attached hydrogens (tertiary/aromatic N) is 1. The summed E-state index contributed by atoms with van der Waals surface area (Å²) in [6.07, 6.45) is 1.25. The van der Waals surface area contributed by atoms with Gasteiger partial charge in [-0.25, -0.2) is 4.98 Å². The quantitative estimate of drug-likeness (QED) is 0.753. The fraction of sp³-hybridized carbons (Fsp3) is 0.500. The van der Waals surface area contributed by atoms with Crippen LogP contribution >= 0.6 is 11.3 Å². The lowest BCUT2D eigenvalue weighted by Crippen LogP contribution is -1.97. The lowest BCUT2D eigenvalue weighted by atomic mass is 10.1. The van der Waals surface area contributed by atoms with Crippen LogP contribution in [-0.4, -0.2) is 10.1 Å². The first-order chi connectivity index (χ1) is 6.11. The molecule has 0 aliphatic rings. The topological polar surface area (TPSA) is 33.1 Å². The predicted octanol–water partition coefficient (Wildman–Crippen LogP) is 2.84. The molecule has 1 heterocycles. The summed E-state index contributed by atoms with van der Waals surface area (Å²) in [6.45, 7) is 7.71. The van der Waals surface area contributed by atoms with Gasteiger partial charge in [-0.15, -0.1) is 17.9 Å². The zero-order valence-corrected chi connectivity index (χ0v) is 8.90. The predicted molar refractivity (Wildman–Crippen MR) is 55.9 cm³/mol. The van der Waals surface area contributed by atoms with Crippen molar-refractivity contribution >= 4 is 11.3 Å². The van der Waals surface area contributed by atoms with Crippen molar-refractivity contribution in [1.29, 1.82) is 0 Å². The van der Waals surface area contributed by atoms with Crippen molar-refractivity contribution in [2.24, 2.45) is 0 Å². The summed E-state index contributed by atoms with van der Waals surface area (Å²) in [5.41, 5.74) is 3.83. The molecule has 0 saturated carbocycles. The van der Waals surface area contributed by atoms with E-state index in [1.807, 2.05) is 13.8 Å². The number of aliphatic hydroxyl groups excluding tert-OH is 1. The molecule has 1 N–H and O–H groups in total. The van der Waals surface area contributed by atoms with Crippen LogP contribution in [0.5, 0.6) is 0 Å². The molecule has 1 aromatic heterocycles. The van der Waals surface area contributed by atoms with Gasteiger partial charge < -0.3 is 5.11 Å². The summed E-state index contributed by atoms with van der Waals surface area (Å²) in [6, 6.07) is 0. The number of allylic oxidation sites excluding steroid dienone is 1. The van der Waals surface area contributed by atoms with Crippen molar-refractivity contribution in [2.45, 2.75) is 32.8 Å². The van der Waals surface area contributed by atoms with Gasteiger partial charge in [0.15, 0.2) is 0 Å². The van der Waals surface area contributed by atoms with Crippen LogP contribution in [0.1, 0.15) is 36.4 Å². The van der Waals surface area contributed by atoms with E-state index in [0.29, 0.717) is 0 Å². The van der Waals surface area contributed by atoms with E-state index in [1.54, 1.807) is 5.51 Å². The number of rotatable bonds is 4. The highest BCUT2D eigenvalue weighted by Gasteiger charge is 2.12. The second-order valence-corrected chi connectivity index (χ2v) is 4.20. The summed E-state index contributed by atoms with van der Waals surface area (Å²) < 4.78 is 0. The summed E-state index contributed by atoms with van der Waals surface area (Å²) in [5, 5.41) is 9.77. The molecule has 1 atom stereocenters. The Kier molecular flexibility index (Phi) is 3.63. The second-order valence-electron chi connectivity index (χ2n) is 3.31. The third kappa shape index (κ3) is 2.94. The lowest BCUT2D eigenvalue weighted by Gasteiger charge is -2.08. The second kappa shape index (κ2) is 4.53. The summed E-state index contributed by atoms with van der Waals surface area (Å²) in [7, 11) is 0. The highest BCUT2D eigenvalue weighted by Crippen LogP contribution is 2.25. The molecule has 3 heteroatoms. The monoisotopic (exact) mass is 197 g/mol. The van der Waals surface area contributed by atoms with Crippen LogP contribution in [0.25, 0.3) is 0 Å². The Morgan fingerprint density at radius 3 is 2.92 bits per heavy atom. The van der Waals surface area contributed by atoms with Crippen LogP contribution in [0.2, 0.25) is 0 Å². The van der Waals surface area contributed by atoms with Crippen LogP contribution in [0, 0.1) is 6.92 Å². The third-order valence-corrected chi connectivity index (χ3v) is 2.96. The molecule has 1 unspecified atom stereocenters. The van der Waals surface area contributed by atoms with Crippen molar-refractivity contribution < 1.29 is 5.11 Å². The molecule has 1 aromatic rings. The van der Waals surface area contributed by atoms with E-state index < -0.39 is 0 Å². The fourth-order valence-electron chi connectivity index (χ4n) is 1.14. The van der Waals surface area contributed by atoms with Crippen LogP contribution in [0.3, 0.4) is 0 Å². The van der Waals surface area contributed by atoms with Crippen LogP contribution in [0.4, 0.5) is 0 Å². The van der Waals surface area contributed by atoms with E-state index in [4.69, 9.17) is 0 Å². The van der Waals surface area contributed by atoms with Crippen molar-refractivity contribution in [2.75, 3.05) is 0 Å². The summed E-state index contributed by atoms with van der Waals surface area (Å²) in [5.74, 6) is 0. The Balaban J connectivity index is 2.53. The van der Waals surface area contributed by atoms with E-state index in [1.165, 1.54) is 11.3 Å². The molecule has 0 aliphatic heterocycles. The molecule has 0 spiro atoms. The van der Waals surface area contributed by atoms with Crippen molar-refractivity contribution in [1.82, 2.24) is 4.98 Å². The van der Waals surface area contributed by atoms with Crippen molar-refractivity contribution in [3.63, 3.8) is 0 Å². The largest absolute Gasteiger partial charge is 0.387 e. The van der Waals surface area contributed by atoms with Gasteiger partial charge >= 0.3 is 0 Å². The highest BCUT2D eigenvalue weighted by atomic mass is 32.1. The van der Waals surface area contributed by atoms with E-state index in [2.05, 4.69) is 11.6 Å². The Hall–Kier alpha value is -0.670. The number of aromatic nitrogens is 1. The maximum absolute atomic E-state index is 9.77. The zero-order valence-electron chi connectivity index (χ0n) is 8.08. The average molecular weight is 197 g/mol. The number of hydrogen-bond acceptors (Lipinski definition) is 3. The van der Waals surface area contributed by atoms with Gasteiger partial charge in [-0.05, 0) is 26.7 Å². The molecule has 0 saturated heterocycles. The van der Waals surface area contributed by atoms with E-state index >= 15 is 0 Å². The minimum atomic E-state index is -0.371. The van der Waals surface area contributed by atoms with Gasteiger partial charge in [-0.2, -0.15) is 0 Å². The zero-order chi connectivity index (χ0) is 9.84. The minimum absolute atomic E-state index is 0.371. The van der Waals surface area contributed by atoms with Gasteiger partial charge in [0, 0.05) is 0 Å². The Bertz CT molecular complexity index is 293. The minimum Gasteiger partial charge on any atom is -0.387 e. The van der Waals surface area contributed by atoms with Gasteiger partial charge in [-0.3, -0.25) is 0 Å². The first kappa shape index (κ1) is 10.4. The van der Waals surface area contributed by atoms with Gasteiger partial charge in [0.2, 0.25) is 0 Å². The maximum Gasteiger partial charge on any atom is 0.0903 e. The molecular weight excluding hydrogens is 182 g/mol. The smallest absolute Gasteiger partial charge is 0.0903 e. The normalized spacial score (nSPS) is 12.8. The molecule has 0 amide bonds. The maximum atomic E-state index is 9.77. The molecule has 1 rings (SSSR count). The molecule has 0 radical (unpaired) electrons. The van der Waals surface area contributed by atoms with Gasteiger partial charge in [0.05, 0.1) is 22.2 Å².